The maximum atomic E-state index is 12.2. The van der Waals surface area contributed by atoms with Crippen LogP contribution in [0.5, 0.6) is 0 Å². The average molecular weight is 556 g/mol. The summed E-state index contributed by atoms with van der Waals surface area (Å²) in [4.78, 5) is 14.9. The molecule has 2 heterocycles. The van der Waals surface area contributed by atoms with Crippen LogP contribution in [0.2, 0.25) is 0 Å². The minimum atomic E-state index is -0.0902. The minimum Gasteiger partial charge on any atom is -0.489 e. The zero-order valence-electron chi connectivity index (χ0n) is 26.5. The number of carbonyl (C=O) groups is 1. The van der Waals surface area contributed by atoms with Gasteiger partial charge in [-0.3, -0.25) is 9.69 Å². The number of ether oxygens (including phenoxy) is 2. The maximum Gasteiger partial charge on any atom is 0.302 e. The number of piperidine rings is 2. The molecule has 0 N–H and O–H groups in total. The van der Waals surface area contributed by atoms with Crippen molar-refractivity contribution < 1.29 is 18.8 Å². The first-order valence-corrected chi connectivity index (χ1v) is 17.1. The van der Waals surface area contributed by atoms with E-state index >= 15 is 0 Å². The topological polar surface area (TPSA) is 38.8 Å². The van der Waals surface area contributed by atoms with Gasteiger partial charge < -0.3 is 14.0 Å². The lowest BCUT2D eigenvalue weighted by Gasteiger charge is -2.62. The molecule has 6 aliphatic rings. The number of nitrogens with zero attached hydrogens (tertiary/aromatic N) is 2. The Morgan fingerprint density at radius 3 is 2.25 bits per heavy atom. The quantitative estimate of drug-likeness (QED) is 0.209. The second kappa shape index (κ2) is 10.9. The smallest absolute Gasteiger partial charge is 0.302 e. The van der Waals surface area contributed by atoms with E-state index in [1.165, 1.54) is 108 Å². The van der Waals surface area contributed by atoms with E-state index in [1.807, 2.05) is 0 Å². The van der Waals surface area contributed by atoms with Crippen LogP contribution < -0.4 is 0 Å². The molecule has 2 aliphatic heterocycles. The first kappa shape index (κ1) is 29.0. The van der Waals surface area contributed by atoms with Gasteiger partial charge in [0.05, 0.1) is 25.9 Å². The van der Waals surface area contributed by atoms with Gasteiger partial charge in [-0.15, -0.1) is 0 Å². The van der Waals surface area contributed by atoms with E-state index in [2.05, 4.69) is 39.3 Å². The Labute approximate surface area is 245 Å². The van der Waals surface area contributed by atoms with Crippen molar-refractivity contribution in [1.82, 2.24) is 4.90 Å². The Hall–Kier alpha value is -1.07. The summed E-state index contributed by atoms with van der Waals surface area (Å²) in [6.07, 6.45) is 17.3. The summed E-state index contributed by atoms with van der Waals surface area (Å²) in [5.41, 5.74) is 0.587. The molecule has 6 rings (SSSR count). The van der Waals surface area contributed by atoms with Crippen LogP contribution in [0.1, 0.15) is 111 Å². The molecule has 4 saturated carbocycles. The Morgan fingerprint density at radius 2 is 1.57 bits per heavy atom. The zero-order valence-corrected chi connectivity index (χ0v) is 26.5. The van der Waals surface area contributed by atoms with E-state index in [9.17, 15) is 4.79 Å². The summed E-state index contributed by atoms with van der Waals surface area (Å²) in [5.74, 6) is 3.82. The Morgan fingerprint density at radius 1 is 0.875 bits per heavy atom. The highest BCUT2D eigenvalue weighted by atomic mass is 16.5. The molecule has 1 unspecified atom stereocenters. The third-order valence-electron chi connectivity index (χ3n) is 13.7. The SMILES string of the molecule is C=C(C)O[C@H]1C([N+]2(C)CCCCC2)C[C@H]2[C@@H]3CC[C@H]4C[C@H](OC(C)=O)[C@@H](N5CCCCC5)C[C@]4(C)[C@H]3CC[C@]12C. The van der Waals surface area contributed by atoms with E-state index in [4.69, 9.17) is 9.47 Å². The lowest BCUT2D eigenvalue weighted by Crippen LogP contribution is -2.61. The number of likely N-dealkylation sites (tertiary alicyclic amines) is 2. The van der Waals surface area contributed by atoms with Crippen LogP contribution in [-0.2, 0) is 14.3 Å². The molecule has 2 saturated heterocycles. The molecular formula is C35H59N2O3+. The maximum absolute atomic E-state index is 12.2. The monoisotopic (exact) mass is 555 g/mol. The summed E-state index contributed by atoms with van der Waals surface area (Å²) in [6.45, 7) is 18.2. The zero-order chi connectivity index (χ0) is 28.3. The van der Waals surface area contributed by atoms with Gasteiger partial charge in [-0.05, 0) is 120 Å². The highest BCUT2D eigenvalue weighted by Crippen LogP contribution is 2.68. The first-order chi connectivity index (χ1) is 19.0. The number of quaternary nitrogens is 1. The molecule has 0 aromatic rings. The van der Waals surface area contributed by atoms with Crippen LogP contribution >= 0.6 is 0 Å². The number of carbonyl (C=O) groups excluding carboxylic acids is 1. The molecule has 0 amide bonds. The number of allylic oxidation sites excluding steroid dienone is 1. The van der Waals surface area contributed by atoms with Gasteiger partial charge in [0.15, 0.2) is 6.10 Å². The van der Waals surface area contributed by atoms with Crippen molar-refractivity contribution in [3.63, 3.8) is 0 Å². The van der Waals surface area contributed by atoms with Gasteiger partial charge in [0, 0.05) is 24.8 Å². The molecule has 0 spiro atoms. The van der Waals surface area contributed by atoms with Crippen molar-refractivity contribution in [2.75, 3.05) is 33.2 Å². The number of fused-ring (bicyclic) bond motifs is 5. The van der Waals surface area contributed by atoms with Crippen LogP contribution in [0.15, 0.2) is 12.3 Å². The van der Waals surface area contributed by atoms with Gasteiger partial charge in [-0.2, -0.15) is 0 Å². The fourth-order valence-electron chi connectivity index (χ4n) is 11.8. The summed E-state index contributed by atoms with van der Waals surface area (Å²) in [5, 5.41) is 0. The molecule has 226 valence electrons. The van der Waals surface area contributed by atoms with E-state index in [1.54, 1.807) is 6.92 Å². The molecule has 10 atom stereocenters. The van der Waals surface area contributed by atoms with Crippen molar-refractivity contribution in [2.45, 2.75) is 135 Å². The lowest BCUT2D eigenvalue weighted by molar-refractivity contribution is -0.940. The van der Waals surface area contributed by atoms with Gasteiger partial charge in [-0.25, -0.2) is 0 Å². The summed E-state index contributed by atoms with van der Waals surface area (Å²) in [6, 6.07) is 0.989. The summed E-state index contributed by atoms with van der Waals surface area (Å²) >= 11 is 0. The molecule has 0 aromatic heterocycles. The number of likely N-dealkylation sites (N-methyl/N-ethyl adjacent to an activating group) is 1. The highest BCUT2D eigenvalue weighted by molar-refractivity contribution is 5.66. The van der Waals surface area contributed by atoms with Crippen molar-refractivity contribution in [1.29, 1.82) is 0 Å². The van der Waals surface area contributed by atoms with Gasteiger partial charge >= 0.3 is 5.97 Å². The van der Waals surface area contributed by atoms with Crippen molar-refractivity contribution in [2.24, 2.45) is 34.5 Å². The Kier molecular flexibility index (Phi) is 7.90. The van der Waals surface area contributed by atoms with Crippen LogP contribution in [-0.4, -0.2) is 72.9 Å². The van der Waals surface area contributed by atoms with Crippen LogP contribution in [0.4, 0.5) is 0 Å². The predicted octanol–water partition coefficient (Wildman–Crippen LogP) is 6.95. The third kappa shape index (κ3) is 4.87. The normalized spacial score (nSPS) is 46.9. The minimum absolute atomic E-state index is 0.0758. The second-order valence-corrected chi connectivity index (χ2v) is 16.0. The molecule has 0 bridgehead atoms. The highest BCUT2D eigenvalue weighted by Gasteiger charge is 2.67. The summed E-state index contributed by atoms with van der Waals surface area (Å²) < 4.78 is 14.1. The molecule has 5 nitrogen and oxygen atoms in total. The molecule has 4 aliphatic carbocycles. The number of rotatable bonds is 5. The van der Waals surface area contributed by atoms with Gasteiger partial charge in [0.2, 0.25) is 0 Å². The second-order valence-electron chi connectivity index (χ2n) is 16.0. The molecular weight excluding hydrogens is 496 g/mol. The van der Waals surface area contributed by atoms with Gasteiger partial charge in [0.25, 0.3) is 0 Å². The van der Waals surface area contributed by atoms with Crippen LogP contribution in [0, 0.1) is 34.5 Å². The Bertz CT molecular complexity index is 954. The van der Waals surface area contributed by atoms with Crippen LogP contribution in [0.3, 0.4) is 0 Å². The van der Waals surface area contributed by atoms with Crippen LogP contribution in [0.25, 0.3) is 0 Å². The molecule has 6 fully saturated rings. The average Bonchev–Trinajstić information content (AvgIpc) is 3.21. The largest absolute Gasteiger partial charge is 0.489 e. The number of esters is 1. The molecule has 40 heavy (non-hydrogen) atoms. The van der Waals surface area contributed by atoms with Crippen molar-refractivity contribution in [3.05, 3.63) is 12.3 Å². The Balaban J connectivity index is 1.29. The lowest BCUT2D eigenvalue weighted by atomic mass is 9.44. The number of hydrogen-bond acceptors (Lipinski definition) is 4. The predicted molar refractivity (Wildman–Crippen MR) is 161 cm³/mol. The third-order valence-corrected chi connectivity index (χ3v) is 13.7. The van der Waals surface area contributed by atoms with E-state index in [-0.39, 0.29) is 17.5 Å². The van der Waals surface area contributed by atoms with E-state index in [0.29, 0.717) is 29.5 Å². The van der Waals surface area contributed by atoms with E-state index in [0.717, 1.165) is 29.9 Å². The van der Waals surface area contributed by atoms with Crippen molar-refractivity contribution >= 4 is 5.97 Å². The molecule has 5 heteroatoms. The fraction of sp³-hybridized carbons (Fsp3) is 0.914. The van der Waals surface area contributed by atoms with Crippen molar-refractivity contribution in [3.8, 4) is 0 Å². The molecule has 0 radical (unpaired) electrons. The van der Waals surface area contributed by atoms with Gasteiger partial charge in [0.1, 0.15) is 12.1 Å². The van der Waals surface area contributed by atoms with Gasteiger partial charge in [-0.1, -0.05) is 26.8 Å². The van der Waals surface area contributed by atoms with E-state index < -0.39 is 0 Å². The summed E-state index contributed by atoms with van der Waals surface area (Å²) in [7, 11) is 2.55. The first-order valence-electron chi connectivity index (χ1n) is 17.1. The molecule has 0 aromatic carbocycles. The standard InChI is InChI=1S/C35H59N2O3/c1-24(2)39-33-31(37(6)19-11-8-12-20-37)22-29-27-14-13-26-21-32(40-25(3)38)30(36-17-9-7-10-18-36)23-35(26,5)28(27)15-16-34(29,33)4/h26-33H,1,7-23H2,2-6H3/q+1/t26-,27+,28-,29-,30-,31?,32-,33-,34-,35-/m0/s1. The number of hydrogen-bond donors (Lipinski definition) is 0. The fourth-order valence-corrected chi connectivity index (χ4v) is 11.8.